The lowest BCUT2D eigenvalue weighted by Gasteiger charge is -2.34. The summed E-state index contributed by atoms with van der Waals surface area (Å²) < 4.78 is 10.8. The van der Waals surface area contributed by atoms with Gasteiger partial charge in [0, 0.05) is 38.7 Å². The summed E-state index contributed by atoms with van der Waals surface area (Å²) in [5.41, 5.74) is 1.90. The van der Waals surface area contributed by atoms with Crippen molar-refractivity contribution in [3.63, 3.8) is 0 Å². The van der Waals surface area contributed by atoms with Gasteiger partial charge in [0.05, 0.1) is 0 Å². The van der Waals surface area contributed by atoms with Crippen molar-refractivity contribution in [3.05, 3.63) is 60.0 Å². The molecule has 1 aliphatic heterocycles. The van der Waals surface area contributed by atoms with Crippen LogP contribution in [0.2, 0.25) is 0 Å². The molecule has 2 aromatic carbocycles. The SMILES string of the molecule is Cc1nc2cc(C(=O)N3CCN(C(=O)Oc4ccccc4)CC3)ccc2o1. The van der Waals surface area contributed by atoms with Crippen LogP contribution in [0.25, 0.3) is 11.1 Å². The van der Waals surface area contributed by atoms with E-state index in [1.165, 1.54) is 0 Å². The summed E-state index contributed by atoms with van der Waals surface area (Å²) in [6, 6.07) is 14.2. The minimum absolute atomic E-state index is 0.0753. The molecule has 2 amide bonds. The van der Waals surface area contributed by atoms with E-state index in [0.717, 1.165) is 0 Å². The molecule has 1 aliphatic rings. The maximum atomic E-state index is 12.8. The van der Waals surface area contributed by atoms with Crippen LogP contribution in [0.4, 0.5) is 4.79 Å². The molecule has 3 aromatic rings. The second kappa shape index (κ2) is 7.11. The fourth-order valence-electron chi connectivity index (χ4n) is 3.10. The number of aromatic nitrogens is 1. The topological polar surface area (TPSA) is 75.9 Å². The van der Waals surface area contributed by atoms with Crippen LogP contribution in [0, 0.1) is 6.92 Å². The van der Waals surface area contributed by atoms with Crippen LogP contribution in [0.5, 0.6) is 5.75 Å². The van der Waals surface area contributed by atoms with Gasteiger partial charge in [-0.3, -0.25) is 4.79 Å². The third kappa shape index (κ3) is 3.62. The van der Waals surface area contributed by atoms with E-state index in [-0.39, 0.29) is 5.91 Å². The molecule has 0 spiro atoms. The van der Waals surface area contributed by atoms with Crippen LogP contribution >= 0.6 is 0 Å². The predicted molar refractivity (Wildman–Crippen MR) is 98.7 cm³/mol. The van der Waals surface area contributed by atoms with E-state index >= 15 is 0 Å². The molecule has 27 heavy (non-hydrogen) atoms. The number of carbonyl (C=O) groups excluding carboxylic acids is 2. The molecular weight excluding hydrogens is 346 g/mol. The van der Waals surface area contributed by atoms with Crippen molar-refractivity contribution in [2.45, 2.75) is 6.92 Å². The lowest BCUT2D eigenvalue weighted by Crippen LogP contribution is -2.51. The molecule has 1 aromatic heterocycles. The first-order valence-electron chi connectivity index (χ1n) is 8.78. The Balaban J connectivity index is 1.37. The van der Waals surface area contributed by atoms with Crippen LogP contribution in [0.3, 0.4) is 0 Å². The van der Waals surface area contributed by atoms with Crippen LogP contribution in [0.1, 0.15) is 16.2 Å². The number of fused-ring (bicyclic) bond motifs is 1. The third-order valence-corrected chi connectivity index (χ3v) is 4.51. The maximum Gasteiger partial charge on any atom is 0.415 e. The fraction of sp³-hybridized carbons (Fsp3) is 0.250. The predicted octanol–water partition coefficient (Wildman–Crippen LogP) is 3.09. The number of piperazine rings is 1. The number of hydrogen-bond acceptors (Lipinski definition) is 5. The van der Waals surface area contributed by atoms with E-state index in [2.05, 4.69) is 4.98 Å². The Hall–Kier alpha value is -3.35. The van der Waals surface area contributed by atoms with Gasteiger partial charge in [-0.1, -0.05) is 18.2 Å². The Morgan fingerprint density at radius 1 is 1.00 bits per heavy atom. The quantitative estimate of drug-likeness (QED) is 0.697. The zero-order valence-electron chi connectivity index (χ0n) is 14.9. The summed E-state index contributed by atoms with van der Waals surface area (Å²) in [7, 11) is 0. The number of para-hydroxylation sites is 1. The Bertz CT molecular complexity index is 975. The van der Waals surface area contributed by atoms with Crippen molar-refractivity contribution in [1.29, 1.82) is 0 Å². The molecule has 138 valence electrons. The zero-order chi connectivity index (χ0) is 18.8. The highest BCUT2D eigenvalue weighted by atomic mass is 16.6. The number of benzene rings is 2. The smallest absolute Gasteiger partial charge is 0.415 e. The molecule has 4 rings (SSSR count). The van der Waals surface area contributed by atoms with Gasteiger partial charge < -0.3 is 19.0 Å². The van der Waals surface area contributed by atoms with Crippen LogP contribution in [-0.2, 0) is 0 Å². The summed E-state index contributed by atoms with van der Waals surface area (Å²) in [5.74, 6) is 1.01. The van der Waals surface area contributed by atoms with E-state index in [4.69, 9.17) is 9.15 Å². The third-order valence-electron chi connectivity index (χ3n) is 4.51. The second-order valence-electron chi connectivity index (χ2n) is 6.38. The molecule has 0 saturated carbocycles. The molecular formula is C20H19N3O4. The first-order valence-corrected chi connectivity index (χ1v) is 8.78. The molecule has 7 heteroatoms. The normalized spacial score (nSPS) is 14.4. The number of aryl methyl sites for hydroxylation is 1. The van der Waals surface area contributed by atoms with Crippen molar-refractivity contribution in [1.82, 2.24) is 14.8 Å². The monoisotopic (exact) mass is 365 g/mol. The Labute approximate surface area is 156 Å². The van der Waals surface area contributed by atoms with Gasteiger partial charge in [0.2, 0.25) is 0 Å². The lowest BCUT2D eigenvalue weighted by molar-refractivity contribution is 0.0633. The van der Waals surface area contributed by atoms with Crippen molar-refractivity contribution in [2.24, 2.45) is 0 Å². The van der Waals surface area contributed by atoms with Gasteiger partial charge in [-0.15, -0.1) is 0 Å². The molecule has 0 radical (unpaired) electrons. The van der Waals surface area contributed by atoms with Gasteiger partial charge in [0.25, 0.3) is 5.91 Å². The highest BCUT2D eigenvalue weighted by Crippen LogP contribution is 2.19. The van der Waals surface area contributed by atoms with Crippen molar-refractivity contribution < 1.29 is 18.7 Å². The minimum Gasteiger partial charge on any atom is -0.441 e. The number of ether oxygens (including phenoxy) is 1. The standard InChI is InChI=1S/C20H19N3O4/c1-14-21-17-13-15(7-8-18(17)26-14)19(24)22-9-11-23(12-10-22)20(25)27-16-5-3-2-4-6-16/h2-8,13H,9-12H2,1H3. The Morgan fingerprint density at radius 3 is 2.44 bits per heavy atom. The maximum absolute atomic E-state index is 12.8. The van der Waals surface area contributed by atoms with E-state index in [9.17, 15) is 9.59 Å². The summed E-state index contributed by atoms with van der Waals surface area (Å²) in [6.07, 6.45) is -0.396. The number of hydrogen-bond donors (Lipinski definition) is 0. The molecule has 2 heterocycles. The molecule has 1 fully saturated rings. The van der Waals surface area contributed by atoms with Gasteiger partial charge in [0.1, 0.15) is 11.3 Å². The fourth-order valence-corrected chi connectivity index (χ4v) is 3.10. The number of carbonyl (C=O) groups is 2. The van der Waals surface area contributed by atoms with Crippen LogP contribution < -0.4 is 4.74 Å². The molecule has 0 atom stereocenters. The van der Waals surface area contributed by atoms with Crippen molar-refractivity contribution in [2.75, 3.05) is 26.2 Å². The number of rotatable bonds is 2. The van der Waals surface area contributed by atoms with Gasteiger partial charge >= 0.3 is 6.09 Å². The van der Waals surface area contributed by atoms with Crippen LogP contribution in [-0.4, -0.2) is 53.0 Å². The highest BCUT2D eigenvalue weighted by molar-refractivity contribution is 5.97. The molecule has 1 saturated heterocycles. The number of oxazole rings is 1. The van der Waals surface area contributed by atoms with E-state index in [0.29, 0.717) is 54.5 Å². The summed E-state index contributed by atoms with van der Waals surface area (Å²) in [6.45, 7) is 3.55. The van der Waals surface area contributed by atoms with Gasteiger partial charge in [-0.25, -0.2) is 9.78 Å². The zero-order valence-corrected chi connectivity index (χ0v) is 14.9. The summed E-state index contributed by atoms with van der Waals surface area (Å²) >= 11 is 0. The van der Waals surface area contributed by atoms with E-state index in [1.54, 1.807) is 47.1 Å². The van der Waals surface area contributed by atoms with E-state index in [1.807, 2.05) is 18.2 Å². The highest BCUT2D eigenvalue weighted by Gasteiger charge is 2.26. The molecule has 0 bridgehead atoms. The van der Waals surface area contributed by atoms with E-state index < -0.39 is 6.09 Å². The van der Waals surface area contributed by atoms with Gasteiger partial charge in [0.15, 0.2) is 11.5 Å². The van der Waals surface area contributed by atoms with Gasteiger partial charge in [-0.05, 0) is 30.3 Å². The molecule has 0 aliphatic carbocycles. The van der Waals surface area contributed by atoms with Gasteiger partial charge in [-0.2, -0.15) is 0 Å². The average Bonchev–Trinajstić information content (AvgIpc) is 3.07. The summed E-state index contributed by atoms with van der Waals surface area (Å²) in [5, 5.41) is 0. The number of nitrogens with zero attached hydrogens (tertiary/aromatic N) is 3. The largest absolute Gasteiger partial charge is 0.441 e. The van der Waals surface area contributed by atoms with Crippen LogP contribution in [0.15, 0.2) is 52.9 Å². The first-order chi connectivity index (χ1) is 13.1. The van der Waals surface area contributed by atoms with Crippen molar-refractivity contribution >= 4 is 23.1 Å². The first kappa shape index (κ1) is 17.1. The lowest BCUT2D eigenvalue weighted by atomic mass is 10.1. The number of amides is 2. The summed E-state index contributed by atoms with van der Waals surface area (Å²) in [4.78, 5) is 32.6. The average molecular weight is 365 g/mol. The molecule has 0 unspecified atom stereocenters. The van der Waals surface area contributed by atoms with Crippen molar-refractivity contribution in [3.8, 4) is 5.75 Å². The minimum atomic E-state index is -0.396. The molecule has 7 nitrogen and oxygen atoms in total. The second-order valence-corrected chi connectivity index (χ2v) is 6.38. The Morgan fingerprint density at radius 2 is 1.70 bits per heavy atom. The Kier molecular flexibility index (Phi) is 4.50. The molecule has 0 N–H and O–H groups in total.